The minimum absolute atomic E-state index is 0.342. The molecule has 0 spiro atoms. The van der Waals surface area contributed by atoms with Crippen LogP contribution in [0.2, 0.25) is 0 Å². The summed E-state index contributed by atoms with van der Waals surface area (Å²) >= 11 is 0. The molecule has 0 radical (unpaired) electrons. The number of nitrogens with one attached hydrogen (secondary N) is 1. The van der Waals surface area contributed by atoms with Gasteiger partial charge in [-0.3, -0.25) is 0 Å². The van der Waals surface area contributed by atoms with Crippen molar-refractivity contribution in [2.24, 2.45) is 0 Å². The largest absolute Gasteiger partial charge is 0.476 e. The van der Waals surface area contributed by atoms with Gasteiger partial charge in [0.15, 0.2) is 5.60 Å². The standard InChI is InChI=1S/C23H29NO3.C2H2O4/c1-4-26-22(25)23(2,3)27-21-13-11-18-10-12-20(14-19(18)15-21)24-16-17-8-6-5-7-9-17;3-1(4)2(5)6/h5-9,11,13,15,20,24H,4,10,12,14,16H2,1-3H3;(H,3,4)(H,5,6). The Morgan fingerprint density at radius 2 is 1.70 bits per heavy atom. The van der Waals surface area contributed by atoms with Crippen LogP contribution in [0.15, 0.2) is 48.5 Å². The topological polar surface area (TPSA) is 122 Å². The van der Waals surface area contributed by atoms with Crippen molar-refractivity contribution in [3.8, 4) is 5.75 Å². The third-order valence-electron chi connectivity index (χ3n) is 5.17. The summed E-state index contributed by atoms with van der Waals surface area (Å²) in [5.74, 6) is -3.27. The molecule has 3 rings (SSSR count). The maximum absolute atomic E-state index is 12.1. The lowest BCUT2D eigenvalue weighted by Gasteiger charge is -2.28. The van der Waals surface area contributed by atoms with Crippen molar-refractivity contribution in [1.29, 1.82) is 0 Å². The van der Waals surface area contributed by atoms with Crippen LogP contribution in [0.3, 0.4) is 0 Å². The van der Waals surface area contributed by atoms with Gasteiger partial charge in [-0.15, -0.1) is 0 Å². The van der Waals surface area contributed by atoms with E-state index in [0.717, 1.165) is 31.6 Å². The second-order valence-electron chi connectivity index (χ2n) is 8.18. The van der Waals surface area contributed by atoms with E-state index in [-0.39, 0.29) is 5.97 Å². The Kier molecular flexibility index (Phi) is 9.42. The molecule has 8 heteroatoms. The Morgan fingerprint density at radius 3 is 2.30 bits per heavy atom. The maximum Gasteiger partial charge on any atom is 0.414 e. The average molecular weight is 458 g/mol. The number of esters is 1. The molecule has 1 unspecified atom stereocenters. The fraction of sp³-hybridized carbons (Fsp3) is 0.400. The van der Waals surface area contributed by atoms with E-state index in [1.165, 1.54) is 16.7 Å². The number of benzene rings is 2. The van der Waals surface area contributed by atoms with Gasteiger partial charge in [-0.25, -0.2) is 14.4 Å². The van der Waals surface area contributed by atoms with Gasteiger partial charge in [0.25, 0.3) is 0 Å². The molecule has 0 saturated heterocycles. The Balaban J connectivity index is 0.000000569. The quantitative estimate of drug-likeness (QED) is 0.428. The molecule has 0 bridgehead atoms. The van der Waals surface area contributed by atoms with Gasteiger partial charge in [-0.1, -0.05) is 36.4 Å². The SMILES string of the molecule is CCOC(=O)C(C)(C)Oc1ccc2c(c1)CC(NCc1ccccc1)CC2.O=C(O)C(=O)O. The van der Waals surface area contributed by atoms with Gasteiger partial charge >= 0.3 is 17.9 Å². The highest BCUT2D eigenvalue weighted by atomic mass is 16.6. The summed E-state index contributed by atoms with van der Waals surface area (Å²) in [5.41, 5.74) is 2.97. The molecule has 3 N–H and O–H groups in total. The molecular formula is C25H31NO7. The summed E-state index contributed by atoms with van der Waals surface area (Å²) in [6.45, 7) is 6.52. The predicted octanol–water partition coefficient (Wildman–Crippen LogP) is 3.21. The van der Waals surface area contributed by atoms with E-state index in [1.54, 1.807) is 20.8 Å². The van der Waals surface area contributed by atoms with Crippen molar-refractivity contribution in [1.82, 2.24) is 5.32 Å². The van der Waals surface area contributed by atoms with Crippen molar-refractivity contribution >= 4 is 17.9 Å². The molecule has 8 nitrogen and oxygen atoms in total. The summed E-state index contributed by atoms with van der Waals surface area (Å²) in [7, 11) is 0. The molecule has 0 fully saturated rings. The highest BCUT2D eigenvalue weighted by Gasteiger charge is 2.32. The van der Waals surface area contributed by atoms with Crippen LogP contribution in [-0.4, -0.2) is 46.4 Å². The molecule has 2 aromatic rings. The Morgan fingerprint density at radius 1 is 1.03 bits per heavy atom. The molecule has 178 valence electrons. The number of rotatable bonds is 7. The van der Waals surface area contributed by atoms with Crippen LogP contribution < -0.4 is 10.1 Å². The number of fused-ring (bicyclic) bond motifs is 1. The second-order valence-corrected chi connectivity index (χ2v) is 8.18. The molecule has 0 amide bonds. The first-order valence-corrected chi connectivity index (χ1v) is 10.8. The number of ether oxygens (including phenoxy) is 2. The fourth-order valence-corrected chi connectivity index (χ4v) is 3.47. The van der Waals surface area contributed by atoms with Crippen LogP contribution in [0.4, 0.5) is 0 Å². The molecule has 1 atom stereocenters. The van der Waals surface area contributed by atoms with Crippen molar-refractivity contribution in [3.63, 3.8) is 0 Å². The van der Waals surface area contributed by atoms with E-state index in [9.17, 15) is 4.79 Å². The normalized spacial score (nSPS) is 14.8. The molecule has 0 heterocycles. The fourth-order valence-electron chi connectivity index (χ4n) is 3.47. The predicted molar refractivity (Wildman–Crippen MR) is 122 cm³/mol. The third kappa shape index (κ3) is 8.23. The van der Waals surface area contributed by atoms with Gasteiger partial charge in [0, 0.05) is 12.6 Å². The highest BCUT2D eigenvalue weighted by Crippen LogP contribution is 2.28. The number of aryl methyl sites for hydroxylation is 1. The number of hydrogen-bond acceptors (Lipinski definition) is 6. The Hall–Kier alpha value is -3.39. The molecular weight excluding hydrogens is 426 g/mol. The number of carboxylic acids is 2. The van der Waals surface area contributed by atoms with Gasteiger partial charge in [0.1, 0.15) is 5.75 Å². The minimum Gasteiger partial charge on any atom is -0.476 e. The first-order valence-electron chi connectivity index (χ1n) is 10.8. The molecule has 2 aromatic carbocycles. The number of aliphatic carboxylic acids is 2. The van der Waals surface area contributed by atoms with Crippen LogP contribution >= 0.6 is 0 Å². The van der Waals surface area contributed by atoms with E-state index >= 15 is 0 Å². The second kappa shape index (κ2) is 12.0. The first-order chi connectivity index (χ1) is 15.6. The molecule has 0 aromatic heterocycles. The number of carbonyl (C=O) groups excluding carboxylic acids is 1. The molecule has 0 aliphatic heterocycles. The zero-order valence-corrected chi connectivity index (χ0v) is 19.2. The summed E-state index contributed by atoms with van der Waals surface area (Å²) in [6, 6.07) is 17.1. The highest BCUT2D eigenvalue weighted by molar-refractivity contribution is 6.27. The van der Waals surface area contributed by atoms with Crippen LogP contribution in [-0.2, 0) is 38.5 Å². The Labute approximate surface area is 193 Å². The van der Waals surface area contributed by atoms with E-state index in [4.69, 9.17) is 29.3 Å². The lowest BCUT2D eigenvalue weighted by atomic mass is 9.88. The summed E-state index contributed by atoms with van der Waals surface area (Å²) in [6.07, 6.45) is 3.16. The summed E-state index contributed by atoms with van der Waals surface area (Å²) < 4.78 is 11.1. The van der Waals surface area contributed by atoms with E-state index in [0.29, 0.717) is 12.6 Å². The average Bonchev–Trinajstić information content (AvgIpc) is 2.78. The van der Waals surface area contributed by atoms with Crippen LogP contribution in [0.1, 0.15) is 43.9 Å². The van der Waals surface area contributed by atoms with Gasteiger partial charge < -0.3 is 25.0 Å². The minimum atomic E-state index is -1.82. The number of carboxylic acid groups (broad SMARTS) is 2. The van der Waals surface area contributed by atoms with E-state index in [2.05, 4.69) is 41.7 Å². The van der Waals surface area contributed by atoms with E-state index < -0.39 is 17.5 Å². The molecule has 0 saturated carbocycles. The third-order valence-corrected chi connectivity index (χ3v) is 5.17. The molecule has 33 heavy (non-hydrogen) atoms. The summed E-state index contributed by atoms with van der Waals surface area (Å²) in [4.78, 5) is 30.3. The number of carbonyl (C=O) groups is 3. The van der Waals surface area contributed by atoms with Gasteiger partial charge in [0.2, 0.25) is 0 Å². The monoisotopic (exact) mass is 457 g/mol. The smallest absolute Gasteiger partial charge is 0.414 e. The Bertz CT molecular complexity index is 944. The molecule has 1 aliphatic carbocycles. The van der Waals surface area contributed by atoms with Crippen molar-refractivity contribution in [2.45, 2.75) is 58.2 Å². The van der Waals surface area contributed by atoms with Crippen molar-refractivity contribution < 1.29 is 34.1 Å². The zero-order chi connectivity index (χ0) is 24.4. The maximum atomic E-state index is 12.1. The van der Waals surface area contributed by atoms with Gasteiger partial charge in [-0.05, 0) is 68.9 Å². The van der Waals surface area contributed by atoms with E-state index in [1.807, 2.05) is 12.1 Å². The number of hydrogen-bond donors (Lipinski definition) is 3. The lowest BCUT2D eigenvalue weighted by Crippen LogP contribution is -2.39. The van der Waals surface area contributed by atoms with Gasteiger partial charge in [-0.2, -0.15) is 0 Å². The zero-order valence-electron chi connectivity index (χ0n) is 19.2. The lowest BCUT2D eigenvalue weighted by molar-refractivity contribution is -0.159. The van der Waals surface area contributed by atoms with Gasteiger partial charge in [0.05, 0.1) is 6.61 Å². The van der Waals surface area contributed by atoms with Crippen LogP contribution in [0, 0.1) is 0 Å². The first kappa shape index (κ1) is 25.9. The van der Waals surface area contributed by atoms with Crippen molar-refractivity contribution in [3.05, 3.63) is 65.2 Å². The van der Waals surface area contributed by atoms with Crippen LogP contribution in [0.25, 0.3) is 0 Å². The van der Waals surface area contributed by atoms with Crippen molar-refractivity contribution in [2.75, 3.05) is 6.61 Å². The van der Waals surface area contributed by atoms with Crippen LogP contribution in [0.5, 0.6) is 5.75 Å². The summed E-state index contributed by atoms with van der Waals surface area (Å²) in [5, 5.41) is 18.4. The molecule has 1 aliphatic rings.